The van der Waals surface area contributed by atoms with Gasteiger partial charge < -0.3 is 10.6 Å². The molecule has 0 aliphatic heterocycles. The zero-order valence-electron chi connectivity index (χ0n) is 12.3. The molecule has 0 aliphatic rings. The van der Waals surface area contributed by atoms with E-state index in [-0.39, 0.29) is 13.4 Å². The van der Waals surface area contributed by atoms with Gasteiger partial charge in [0.15, 0.2) is 0 Å². The summed E-state index contributed by atoms with van der Waals surface area (Å²) < 4.78 is 0. The summed E-state index contributed by atoms with van der Waals surface area (Å²) in [5.41, 5.74) is 3.13. The monoisotopic (exact) mass is 262 g/mol. The van der Waals surface area contributed by atoms with Gasteiger partial charge in [-0.05, 0) is 24.0 Å². The molecule has 0 spiro atoms. The number of likely N-dealkylation sites (N-methyl/N-ethyl adjacent to an activating group) is 1. The molecular weight excluding hydrogens is 236 g/mol. The van der Waals surface area contributed by atoms with Gasteiger partial charge >= 0.3 is 0 Å². The van der Waals surface area contributed by atoms with Gasteiger partial charge in [0.2, 0.25) is 5.91 Å². The van der Waals surface area contributed by atoms with Crippen LogP contribution in [0.25, 0.3) is 0 Å². The summed E-state index contributed by atoms with van der Waals surface area (Å²) in [6.45, 7) is 10.1. The highest BCUT2D eigenvalue weighted by Gasteiger charge is 2.10. The zero-order chi connectivity index (χ0) is 14.4. The van der Waals surface area contributed by atoms with Crippen LogP contribution in [0.2, 0.25) is 0 Å². The summed E-state index contributed by atoms with van der Waals surface area (Å²) in [4.78, 5) is 11.9. The van der Waals surface area contributed by atoms with E-state index in [2.05, 4.69) is 43.2 Å². The minimum absolute atomic E-state index is 0. The molecule has 0 radical (unpaired) electrons. The maximum absolute atomic E-state index is 11.9. The van der Waals surface area contributed by atoms with Gasteiger partial charge in [0.1, 0.15) is 0 Å². The maximum Gasteiger partial charge on any atom is 0.224 e. The Labute approximate surface area is 117 Å². The average molecular weight is 262 g/mol. The fraction of sp³-hybridized carbons (Fsp3) is 0.438. The molecule has 3 heteroatoms. The van der Waals surface area contributed by atoms with Crippen LogP contribution >= 0.6 is 0 Å². The average Bonchev–Trinajstić information content (AvgIpc) is 2.38. The Kier molecular flexibility index (Phi) is 5.61. The third-order valence-electron chi connectivity index (χ3n) is 3.23. The van der Waals surface area contributed by atoms with E-state index in [4.69, 9.17) is 0 Å². The second-order valence-corrected chi connectivity index (χ2v) is 5.14. The molecular formula is C16H26N2O. The normalized spacial score (nSPS) is 12.1. The Balaban J connectivity index is 0.00000361. The molecule has 0 saturated carbocycles. The lowest BCUT2D eigenvalue weighted by Gasteiger charge is -2.16. The molecule has 106 valence electrons. The first-order valence-corrected chi connectivity index (χ1v) is 6.68. The van der Waals surface area contributed by atoms with E-state index in [1.54, 1.807) is 7.05 Å². The number of benzene rings is 1. The van der Waals surface area contributed by atoms with Crippen molar-refractivity contribution in [1.82, 2.24) is 10.6 Å². The highest BCUT2D eigenvalue weighted by Crippen LogP contribution is 2.14. The van der Waals surface area contributed by atoms with Gasteiger partial charge in [0.25, 0.3) is 0 Å². The predicted molar refractivity (Wildman–Crippen MR) is 82.2 cm³/mol. The summed E-state index contributed by atoms with van der Waals surface area (Å²) in [7, 11) is 1.80. The van der Waals surface area contributed by atoms with E-state index in [9.17, 15) is 4.79 Å². The molecule has 0 unspecified atom stereocenters. The van der Waals surface area contributed by atoms with Crippen molar-refractivity contribution in [2.24, 2.45) is 0 Å². The third kappa shape index (κ3) is 4.78. The molecule has 1 atom stereocenters. The van der Waals surface area contributed by atoms with Crippen molar-refractivity contribution < 1.29 is 6.22 Å². The van der Waals surface area contributed by atoms with E-state index < -0.39 is 0 Å². The highest BCUT2D eigenvalue weighted by atomic mass is 16.1. The van der Waals surface area contributed by atoms with Crippen LogP contribution in [0.1, 0.15) is 39.2 Å². The van der Waals surface area contributed by atoms with Crippen molar-refractivity contribution in [3.8, 4) is 0 Å². The van der Waals surface area contributed by atoms with Crippen LogP contribution in [0.4, 0.5) is 0 Å². The Bertz CT molecular complexity index is 440. The van der Waals surface area contributed by atoms with Crippen molar-refractivity contribution in [1.29, 1.82) is 0 Å². The summed E-state index contributed by atoms with van der Waals surface area (Å²) in [5.74, 6) is 0.531. The van der Waals surface area contributed by atoms with Crippen molar-refractivity contribution in [2.45, 2.75) is 39.2 Å². The van der Waals surface area contributed by atoms with Gasteiger partial charge in [-0.2, -0.15) is 0 Å². The van der Waals surface area contributed by atoms with E-state index >= 15 is 0 Å². The largest absolute Gasteiger partial charge is 0.390 e. The van der Waals surface area contributed by atoms with Gasteiger partial charge in [-0.15, -0.1) is 0 Å². The van der Waals surface area contributed by atoms with Crippen molar-refractivity contribution >= 4 is 5.91 Å². The lowest BCUT2D eigenvalue weighted by molar-refractivity contribution is -0.120. The summed E-state index contributed by atoms with van der Waals surface area (Å²) >= 11 is 0. The molecule has 1 rings (SSSR count). The molecule has 0 saturated heterocycles. The summed E-state index contributed by atoms with van der Waals surface area (Å²) in [6, 6.07) is 8.15. The summed E-state index contributed by atoms with van der Waals surface area (Å²) in [6.07, 6.45) is 0.402. The van der Waals surface area contributed by atoms with Crippen molar-refractivity contribution in [2.75, 3.05) is 7.05 Å². The van der Waals surface area contributed by atoms with Crippen LogP contribution in [0, 0.1) is 0 Å². The molecule has 0 bridgehead atoms. The fourth-order valence-corrected chi connectivity index (χ4v) is 1.80. The van der Waals surface area contributed by atoms with E-state index in [0.717, 1.165) is 11.3 Å². The number of amides is 1. The number of hydrogen-bond acceptors (Lipinski definition) is 2. The van der Waals surface area contributed by atoms with E-state index in [1.165, 1.54) is 5.56 Å². The Morgan fingerprint density at radius 3 is 2.32 bits per heavy atom. The van der Waals surface area contributed by atoms with E-state index in [1.807, 2.05) is 19.1 Å². The van der Waals surface area contributed by atoms with Crippen LogP contribution < -0.4 is 10.6 Å². The number of nitrogens with one attached hydrogen (secondary N) is 2. The zero-order valence-corrected chi connectivity index (χ0v) is 12.3. The molecule has 0 aliphatic carbocycles. The van der Waals surface area contributed by atoms with Gasteiger partial charge in [0.05, 0.1) is 12.5 Å². The standard InChI is InChI=1S/C16H24N2O.H2/c1-11(2)15-8-6-14(7-9-15)10-16(19)18-13(4)12(3)17-5;/h6-9,11,13,17H,3,10H2,1-2,4-5H3,(H,18,19);1H/t13-;/m1./s1. The minimum Gasteiger partial charge on any atom is -0.390 e. The van der Waals surface area contributed by atoms with Crippen LogP contribution in [0.15, 0.2) is 36.5 Å². The number of rotatable bonds is 6. The number of carbonyl (C=O) groups excluding carboxylic acids is 1. The molecule has 3 nitrogen and oxygen atoms in total. The van der Waals surface area contributed by atoms with Gasteiger partial charge in [-0.25, -0.2) is 0 Å². The quantitative estimate of drug-likeness (QED) is 0.827. The highest BCUT2D eigenvalue weighted by molar-refractivity contribution is 5.79. The smallest absolute Gasteiger partial charge is 0.224 e. The molecule has 1 amide bonds. The van der Waals surface area contributed by atoms with Gasteiger partial charge in [-0.1, -0.05) is 44.7 Å². The fourth-order valence-electron chi connectivity index (χ4n) is 1.80. The topological polar surface area (TPSA) is 41.1 Å². The Morgan fingerprint density at radius 1 is 1.26 bits per heavy atom. The van der Waals surface area contributed by atoms with Crippen LogP contribution in [-0.2, 0) is 11.2 Å². The molecule has 1 aromatic rings. The molecule has 19 heavy (non-hydrogen) atoms. The summed E-state index contributed by atoms with van der Waals surface area (Å²) in [5, 5.41) is 5.86. The molecule has 0 fully saturated rings. The molecule has 0 heterocycles. The SMILES string of the molecule is C=C(NC)[C@@H](C)NC(=O)Cc1ccc(C(C)C)cc1.[HH]. The molecule has 2 N–H and O–H groups in total. The maximum atomic E-state index is 11.9. The third-order valence-corrected chi connectivity index (χ3v) is 3.23. The Morgan fingerprint density at radius 2 is 1.84 bits per heavy atom. The number of carbonyl (C=O) groups is 1. The van der Waals surface area contributed by atoms with Crippen molar-refractivity contribution in [3.63, 3.8) is 0 Å². The minimum atomic E-state index is -0.0626. The van der Waals surface area contributed by atoms with Gasteiger partial charge in [0, 0.05) is 14.2 Å². The van der Waals surface area contributed by atoms with Crippen molar-refractivity contribution in [3.05, 3.63) is 47.7 Å². The predicted octanol–water partition coefficient (Wildman–Crippen LogP) is 2.84. The lowest BCUT2D eigenvalue weighted by Crippen LogP contribution is -2.37. The lowest BCUT2D eigenvalue weighted by atomic mass is 10.0. The Hall–Kier alpha value is -1.77. The van der Waals surface area contributed by atoms with Crippen LogP contribution in [0.5, 0.6) is 0 Å². The molecule has 0 aromatic heterocycles. The second-order valence-electron chi connectivity index (χ2n) is 5.14. The second kappa shape index (κ2) is 6.98. The molecule has 1 aromatic carbocycles. The first-order chi connectivity index (χ1) is 8.93. The van der Waals surface area contributed by atoms with Crippen LogP contribution in [-0.4, -0.2) is 19.0 Å². The van der Waals surface area contributed by atoms with E-state index in [0.29, 0.717) is 12.3 Å². The first kappa shape index (κ1) is 15.3. The van der Waals surface area contributed by atoms with Crippen LogP contribution in [0.3, 0.4) is 0 Å². The van der Waals surface area contributed by atoms with Gasteiger partial charge in [-0.3, -0.25) is 4.79 Å². The number of hydrogen-bond donors (Lipinski definition) is 2. The first-order valence-electron chi connectivity index (χ1n) is 6.68.